The molecule has 2 aromatic heterocycles. The van der Waals surface area contributed by atoms with Crippen LogP contribution in [0.1, 0.15) is 5.56 Å². The number of nitrogens with one attached hydrogen (secondary N) is 1. The summed E-state index contributed by atoms with van der Waals surface area (Å²) in [5, 5.41) is 12.6. The van der Waals surface area contributed by atoms with E-state index in [4.69, 9.17) is 10.8 Å². The maximum atomic E-state index is 11.4. The Kier molecular flexibility index (Phi) is 1.93. The third-order valence-electron chi connectivity index (χ3n) is 1.95. The number of fused-ring (bicyclic) bond motifs is 1. The molecular weight excluding hydrogens is 186 g/mol. The maximum absolute atomic E-state index is 11.4. The van der Waals surface area contributed by atoms with Gasteiger partial charge in [0.1, 0.15) is 12.1 Å². The second kappa shape index (κ2) is 3.11. The average Bonchev–Trinajstić information content (AvgIpc) is 2.60. The number of anilines is 1. The normalized spacial score (nSPS) is 10.9. The topological polar surface area (TPSA) is 109 Å². The van der Waals surface area contributed by atoms with E-state index in [1.165, 1.54) is 10.8 Å². The second-order valence-corrected chi connectivity index (χ2v) is 2.79. The number of hydrogen-bond donors (Lipinski definition) is 3. The number of aliphatic hydroxyl groups excluding tert-OH is 1. The Balaban J connectivity index is 2.75. The molecule has 7 heteroatoms. The Morgan fingerprint density at radius 1 is 1.64 bits per heavy atom. The van der Waals surface area contributed by atoms with Gasteiger partial charge in [-0.15, -0.1) is 0 Å². The van der Waals surface area contributed by atoms with Crippen molar-refractivity contribution in [2.24, 2.45) is 0 Å². The molecule has 0 aliphatic carbocycles. The van der Waals surface area contributed by atoms with Crippen molar-refractivity contribution in [3.05, 3.63) is 22.2 Å². The van der Waals surface area contributed by atoms with E-state index in [9.17, 15) is 4.79 Å². The van der Waals surface area contributed by atoms with Crippen molar-refractivity contribution < 1.29 is 5.11 Å². The van der Waals surface area contributed by atoms with E-state index < -0.39 is 0 Å². The Hall–Kier alpha value is -1.89. The molecule has 0 radical (unpaired) electrons. The fraction of sp³-hybridized carbons (Fsp3) is 0.286. The monoisotopic (exact) mass is 195 g/mol. The first-order chi connectivity index (χ1) is 6.74. The van der Waals surface area contributed by atoms with Crippen LogP contribution in [-0.2, 0) is 6.42 Å². The van der Waals surface area contributed by atoms with Crippen LogP contribution in [0.3, 0.4) is 0 Å². The number of nitrogen functional groups attached to an aromatic ring is 1. The molecule has 0 amide bonds. The van der Waals surface area contributed by atoms with Gasteiger partial charge in [0.25, 0.3) is 5.56 Å². The van der Waals surface area contributed by atoms with Crippen molar-refractivity contribution in [3.8, 4) is 0 Å². The van der Waals surface area contributed by atoms with E-state index in [1.807, 2.05) is 0 Å². The molecule has 0 saturated carbocycles. The van der Waals surface area contributed by atoms with E-state index in [0.29, 0.717) is 11.3 Å². The lowest BCUT2D eigenvalue weighted by Gasteiger charge is -2.03. The van der Waals surface area contributed by atoms with E-state index in [2.05, 4.69) is 15.1 Å². The van der Waals surface area contributed by atoms with Crippen LogP contribution >= 0.6 is 0 Å². The number of nitrogens with zero attached hydrogens (tertiary/aromatic N) is 3. The van der Waals surface area contributed by atoms with E-state index in [0.717, 1.165) is 0 Å². The highest BCUT2D eigenvalue weighted by atomic mass is 16.3. The number of H-pyrrole nitrogens is 1. The van der Waals surface area contributed by atoms with Gasteiger partial charge in [-0.2, -0.15) is 14.6 Å². The summed E-state index contributed by atoms with van der Waals surface area (Å²) in [7, 11) is 0. The number of rotatable bonds is 2. The Morgan fingerprint density at radius 2 is 2.43 bits per heavy atom. The number of aliphatic hydroxyl groups is 1. The average molecular weight is 195 g/mol. The Bertz CT molecular complexity index is 514. The SMILES string of the molecule is Nc1c(CCO)c(=O)[nH]c2ncnn12. The lowest BCUT2D eigenvalue weighted by Crippen LogP contribution is -2.20. The van der Waals surface area contributed by atoms with Crippen molar-refractivity contribution in [1.29, 1.82) is 0 Å². The van der Waals surface area contributed by atoms with Crippen LogP contribution in [0.2, 0.25) is 0 Å². The summed E-state index contributed by atoms with van der Waals surface area (Å²) in [5.74, 6) is 0.518. The van der Waals surface area contributed by atoms with E-state index >= 15 is 0 Å². The van der Waals surface area contributed by atoms with Gasteiger partial charge in [-0.05, 0) is 0 Å². The first-order valence-corrected chi connectivity index (χ1v) is 4.05. The summed E-state index contributed by atoms with van der Waals surface area (Å²) in [4.78, 5) is 17.7. The first-order valence-electron chi connectivity index (χ1n) is 4.05. The smallest absolute Gasteiger partial charge is 0.257 e. The minimum atomic E-state index is -0.336. The van der Waals surface area contributed by atoms with Crippen molar-refractivity contribution in [3.63, 3.8) is 0 Å². The molecular formula is C7H9N5O2. The first kappa shape index (κ1) is 8.70. The zero-order valence-electron chi connectivity index (χ0n) is 7.27. The Morgan fingerprint density at radius 3 is 3.14 bits per heavy atom. The molecule has 74 valence electrons. The standard InChI is InChI=1S/C7H9N5O2/c8-5-4(1-2-13)6(14)11-7-9-3-10-12(5)7/h3,13H,1-2,8H2,(H,9,10,11,14). The molecule has 2 rings (SSSR count). The predicted molar refractivity (Wildman–Crippen MR) is 48.8 cm³/mol. The lowest BCUT2D eigenvalue weighted by molar-refractivity contribution is 0.299. The summed E-state index contributed by atoms with van der Waals surface area (Å²) in [6.07, 6.45) is 1.50. The van der Waals surface area contributed by atoms with Crippen molar-refractivity contribution in [1.82, 2.24) is 19.6 Å². The van der Waals surface area contributed by atoms with Gasteiger partial charge in [0, 0.05) is 13.0 Å². The van der Waals surface area contributed by atoms with Crippen molar-refractivity contribution >= 4 is 11.6 Å². The molecule has 2 aromatic rings. The zero-order valence-corrected chi connectivity index (χ0v) is 7.27. The minimum Gasteiger partial charge on any atom is -0.396 e. The molecule has 0 atom stereocenters. The molecule has 4 N–H and O–H groups in total. The maximum Gasteiger partial charge on any atom is 0.257 e. The van der Waals surface area contributed by atoms with Gasteiger partial charge in [-0.25, -0.2) is 0 Å². The Labute approximate surface area is 78.2 Å². The van der Waals surface area contributed by atoms with Gasteiger partial charge in [-0.1, -0.05) is 0 Å². The minimum absolute atomic E-state index is 0.131. The van der Waals surface area contributed by atoms with Gasteiger partial charge in [0.05, 0.1) is 5.56 Å². The second-order valence-electron chi connectivity index (χ2n) is 2.79. The highest BCUT2D eigenvalue weighted by molar-refractivity contribution is 5.45. The molecule has 0 bridgehead atoms. The van der Waals surface area contributed by atoms with Crippen LogP contribution in [0.15, 0.2) is 11.1 Å². The molecule has 0 aromatic carbocycles. The summed E-state index contributed by atoms with van der Waals surface area (Å²) in [6, 6.07) is 0. The summed E-state index contributed by atoms with van der Waals surface area (Å²) >= 11 is 0. The van der Waals surface area contributed by atoms with Crippen LogP contribution in [-0.4, -0.2) is 31.3 Å². The molecule has 14 heavy (non-hydrogen) atoms. The van der Waals surface area contributed by atoms with Crippen LogP contribution in [0.5, 0.6) is 0 Å². The van der Waals surface area contributed by atoms with Gasteiger partial charge in [-0.3, -0.25) is 9.78 Å². The van der Waals surface area contributed by atoms with E-state index in [-0.39, 0.29) is 24.4 Å². The third kappa shape index (κ3) is 1.14. The molecule has 0 fully saturated rings. The van der Waals surface area contributed by atoms with Crippen molar-refractivity contribution in [2.75, 3.05) is 12.3 Å². The summed E-state index contributed by atoms with van der Waals surface area (Å²) in [6.45, 7) is -0.131. The molecule has 0 aliphatic rings. The fourth-order valence-corrected chi connectivity index (χ4v) is 1.28. The molecule has 2 heterocycles. The third-order valence-corrected chi connectivity index (χ3v) is 1.95. The summed E-state index contributed by atoms with van der Waals surface area (Å²) in [5.41, 5.74) is 5.67. The summed E-state index contributed by atoms with van der Waals surface area (Å²) < 4.78 is 1.33. The molecule has 0 saturated heterocycles. The highest BCUT2D eigenvalue weighted by Crippen LogP contribution is 2.06. The lowest BCUT2D eigenvalue weighted by atomic mass is 10.2. The van der Waals surface area contributed by atoms with Gasteiger partial charge in [0.15, 0.2) is 0 Å². The van der Waals surface area contributed by atoms with Gasteiger partial charge >= 0.3 is 0 Å². The van der Waals surface area contributed by atoms with Crippen LogP contribution in [0.4, 0.5) is 5.82 Å². The van der Waals surface area contributed by atoms with Gasteiger partial charge < -0.3 is 10.8 Å². The molecule has 7 nitrogen and oxygen atoms in total. The largest absolute Gasteiger partial charge is 0.396 e. The van der Waals surface area contributed by atoms with Crippen LogP contribution < -0.4 is 11.3 Å². The number of aromatic amines is 1. The molecule has 0 spiro atoms. The zero-order chi connectivity index (χ0) is 10.1. The molecule has 0 unspecified atom stereocenters. The van der Waals surface area contributed by atoms with E-state index in [1.54, 1.807) is 0 Å². The fourth-order valence-electron chi connectivity index (χ4n) is 1.28. The van der Waals surface area contributed by atoms with Crippen LogP contribution in [0, 0.1) is 0 Å². The van der Waals surface area contributed by atoms with Crippen LogP contribution in [0.25, 0.3) is 5.78 Å². The highest BCUT2D eigenvalue weighted by Gasteiger charge is 2.10. The quantitative estimate of drug-likeness (QED) is 0.542. The number of hydrogen-bond acceptors (Lipinski definition) is 5. The predicted octanol–water partition coefficient (Wildman–Crippen LogP) is -1.47. The number of aromatic nitrogens is 4. The van der Waals surface area contributed by atoms with Gasteiger partial charge in [0.2, 0.25) is 5.78 Å². The van der Waals surface area contributed by atoms with Crippen molar-refractivity contribution in [2.45, 2.75) is 6.42 Å². The molecule has 0 aliphatic heterocycles. The number of nitrogens with two attached hydrogens (primary N) is 1.